The molecule has 0 spiro atoms. The van der Waals surface area contributed by atoms with Gasteiger partial charge in [0.25, 0.3) is 0 Å². The highest BCUT2D eigenvalue weighted by molar-refractivity contribution is 5.86. The lowest BCUT2D eigenvalue weighted by atomic mass is 9.97. The topological polar surface area (TPSA) is 127 Å². The molecule has 0 saturated carbocycles. The van der Waals surface area contributed by atoms with E-state index < -0.39 is 30.6 Å². The SMILES string of the molecule is C#C[C@]1(CO)O[C@@H](n2ccc3c(N)ncnc32)C(O)C1O. The molecule has 2 aromatic rings. The number of aliphatic hydroxyl groups is 3. The number of ether oxygens (including phenoxy) is 1. The first-order chi connectivity index (χ1) is 10.0. The number of fused-ring (bicyclic) bond motifs is 1. The summed E-state index contributed by atoms with van der Waals surface area (Å²) in [5.74, 6) is 2.49. The first kappa shape index (κ1) is 13.8. The van der Waals surface area contributed by atoms with Crippen LogP contribution in [-0.4, -0.2) is 54.3 Å². The molecule has 1 aliphatic rings. The number of nitrogen functional groups attached to an aromatic ring is 1. The van der Waals surface area contributed by atoms with E-state index in [1.165, 1.54) is 10.9 Å². The number of rotatable bonds is 2. The van der Waals surface area contributed by atoms with Gasteiger partial charge < -0.3 is 30.4 Å². The summed E-state index contributed by atoms with van der Waals surface area (Å²) in [5.41, 5.74) is 4.53. The lowest BCUT2D eigenvalue weighted by molar-refractivity contribution is -0.0909. The third kappa shape index (κ3) is 1.80. The van der Waals surface area contributed by atoms with Crippen LogP contribution in [0.3, 0.4) is 0 Å². The Kier molecular flexibility index (Phi) is 3.07. The summed E-state index contributed by atoms with van der Waals surface area (Å²) in [5, 5.41) is 30.2. The van der Waals surface area contributed by atoms with Crippen LogP contribution in [0.25, 0.3) is 11.0 Å². The van der Waals surface area contributed by atoms with Crippen LogP contribution in [0.5, 0.6) is 0 Å². The zero-order chi connectivity index (χ0) is 15.2. The average Bonchev–Trinajstić information content (AvgIpc) is 3.02. The second-order valence-electron chi connectivity index (χ2n) is 4.85. The molecule has 0 bridgehead atoms. The fourth-order valence-corrected chi connectivity index (χ4v) is 2.50. The van der Waals surface area contributed by atoms with Gasteiger partial charge in [-0.15, -0.1) is 6.42 Å². The number of hydrogen-bond acceptors (Lipinski definition) is 7. The van der Waals surface area contributed by atoms with E-state index in [9.17, 15) is 15.3 Å². The third-order valence-corrected chi connectivity index (χ3v) is 3.72. The van der Waals surface area contributed by atoms with Crippen molar-refractivity contribution in [1.29, 1.82) is 0 Å². The summed E-state index contributed by atoms with van der Waals surface area (Å²) in [6.07, 6.45) is 4.47. The molecule has 1 aliphatic heterocycles. The standard InChI is InChI=1S/C13H14N4O4/c1-2-13(5-18)9(20)8(19)12(21-13)17-4-3-7-10(14)15-6-16-11(7)17/h1,3-4,6,8-9,12,18-20H,5H2,(H2,14,15,16)/t8?,9?,12-,13-/m1/s1. The van der Waals surface area contributed by atoms with Crippen LogP contribution in [0.4, 0.5) is 5.82 Å². The van der Waals surface area contributed by atoms with Crippen LogP contribution in [0.1, 0.15) is 6.23 Å². The number of aliphatic hydroxyl groups excluding tert-OH is 3. The predicted octanol–water partition coefficient (Wildman–Crippen LogP) is -1.37. The smallest absolute Gasteiger partial charge is 0.182 e. The minimum Gasteiger partial charge on any atom is -0.392 e. The van der Waals surface area contributed by atoms with Crippen molar-refractivity contribution < 1.29 is 20.1 Å². The summed E-state index contributed by atoms with van der Waals surface area (Å²) < 4.78 is 7.04. The van der Waals surface area contributed by atoms with Gasteiger partial charge in [0.05, 0.1) is 12.0 Å². The van der Waals surface area contributed by atoms with E-state index in [-0.39, 0.29) is 5.82 Å². The van der Waals surface area contributed by atoms with Crippen molar-refractivity contribution in [2.24, 2.45) is 0 Å². The van der Waals surface area contributed by atoms with Crippen molar-refractivity contribution in [2.75, 3.05) is 12.3 Å². The maximum Gasteiger partial charge on any atom is 0.182 e. The molecule has 3 rings (SSSR count). The Morgan fingerprint density at radius 2 is 2.24 bits per heavy atom. The fourth-order valence-electron chi connectivity index (χ4n) is 2.50. The molecule has 21 heavy (non-hydrogen) atoms. The minimum atomic E-state index is -1.65. The first-order valence-corrected chi connectivity index (χ1v) is 6.23. The molecule has 2 unspecified atom stereocenters. The van der Waals surface area contributed by atoms with Crippen molar-refractivity contribution in [1.82, 2.24) is 14.5 Å². The van der Waals surface area contributed by atoms with Crippen molar-refractivity contribution in [3.8, 4) is 12.3 Å². The Labute approximate surface area is 119 Å². The summed E-state index contributed by atoms with van der Waals surface area (Å²) in [6, 6.07) is 1.67. The van der Waals surface area contributed by atoms with Crippen molar-refractivity contribution >= 4 is 16.9 Å². The van der Waals surface area contributed by atoms with E-state index in [1.54, 1.807) is 12.3 Å². The number of terminal acetylenes is 1. The van der Waals surface area contributed by atoms with Crippen LogP contribution >= 0.6 is 0 Å². The highest BCUT2D eigenvalue weighted by atomic mass is 16.6. The summed E-state index contributed by atoms with van der Waals surface area (Å²) >= 11 is 0. The molecular weight excluding hydrogens is 276 g/mol. The van der Waals surface area contributed by atoms with Gasteiger partial charge in [-0.05, 0) is 6.07 Å². The van der Waals surface area contributed by atoms with Gasteiger partial charge in [-0.2, -0.15) is 0 Å². The van der Waals surface area contributed by atoms with Crippen LogP contribution < -0.4 is 5.73 Å². The van der Waals surface area contributed by atoms with Gasteiger partial charge in [-0.3, -0.25) is 0 Å². The maximum atomic E-state index is 10.2. The minimum absolute atomic E-state index is 0.289. The zero-order valence-corrected chi connectivity index (χ0v) is 10.9. The summed E-state index contributed by atoms with van der Waals surface area (Å²) in [7, 11) is 0. The van der Waals surface area contributed by atoms with E-state index in [0.717, 1.165) is 0 Å². The van der Waals surface area contributed by atoms with Gasteiger partial charge in [-0.25, -0.2) is 9.97 Å². The van der Waals surface area contributed by atoms with Gasteiger partial charge in [0, 0.05) is 6.20 Å². The second kappa shape index (κ2) is 4.68. The number of hydrogen-bond donors (Lipinski definition) is 4. The van der Waals surface area contributed by atoms with E-state index in [0.29, 0.717) is 11.0 Å². The summed E-state index contributed by atoms with van der Waals surface area (Å²) in [4.78, 5) is 7.96. The van der Waals surface area contributed by atoms with E-state index >= 15 is 0 Å². The molecule has 2 aromatic heterocycles. The largest absolute Gasteiger partial charge is 0.392 e. The first-order valence-electron chi connectivity index (χ1n) is 6.23. The van der Waals surface area contributed by atoms with Crippen LogP contribution in [0.2, 0.25) is 0 Å². The Balaban J connectivity index is 2.08. The molecule has 1 fully saturated rings. The highest BCUT2D eigenvalue weighted by Crippen LogP contribution is 2.38. The Morgan fingerprint density at radius 3 is 2.86 bits per heavy atom. The molecule has 0 aliphatic carbocycles. The molecule has 0 aromatic carbocycles. The van der Waals surface area contributed by atoms with Crippen LogP contribution in [0, 0.1) is 12.3 Å². The van der Waals surface area contributed by atoms with Crippen LogP contribution in [-0.2, 0) is 4.74 Å². The van der Waals surface area contributed by atoms with Gasteiger partial charge in [-0.1, -0.05) is 5.92 Å². The number of aromatic nitrogens is 3. The quantitative estimate of drug-likeness (QED) is 0.502. The van der Waals surface area contributed by atoms with Gasteiger partial charge in [0.15, 0.2) is 11.8 Å². The maximum absolute atomic E-state index is 10.2. The highest BCUT2D eigenvalue weighted by Gasteiger charge is 2.54. The van der Waals surface area contributed by atoms with Crippen molar-refractivity contribution in [2.45, 2.75) is 24.0 Å². The lowest BCUT2D eigenvalue weighted by Gasteiger charge is -2.23. The average molecular weight is 290 g/mol. The lowest BCUT2D eigenvalue weighted by Crippen LogP contribution is -2.44. The van der Waals surface area contributed by atoms with Crippen LogP contribution in [0.15, 0.2) is 18.6 Å². The van der Waals surface area contributed by atoms with E-state index in [2.05, 4.69) is 15.9 Å². The summed E-state index contributed by atoms with van der Waals surface area (Å²) in [6.45, 7) is -0.617. The zero-order valence-electron chi connectivity index (χ0n) is 10.9. The fraction of sp³-hybridized carbons (Fsp3) is 0.385. The predicted molar refractivity (Wildman–Crippen MR) is 72.7 cm³/mol. The molecule has 4 atom stereocenters. The third-order valence-electron chi connectivity index (χ3n) is 3.72. The molecule has 8 nitrogen and oxygen atoms in total. The van der Waals surface area contributed by atoms with Gasteiger partial charge in [0.2, 0.25) is 0 Å². The van der Waals surface area contributed by atoms with Gasteiger partial charge in [0.1, 0.15) is 30.0 Å². The van der Waals surface area contributed by atoms with Crippen molar-refractivity contribution in [3.05, 3.63) is 18.6 Å². The molecular formula is C13H14N4O4. The Hall–Kier alpha value is -2.18. The van der Waals surface area contributed by atoms with Gasteiger partial charge >= 0.3 is 0 Å². The number of nitrogens with two attached hydrogens (primary N) is 1. The molecule has 0 radical (unpaired) electrons. The number of nitrogens with zero attached hydrogens (tertiary/aromatic N) is 3. The monoisotopic (exact) mass is 290 g/mol. The van der Waals surface area contributed by atoms with Crippen molar-refractivity contribution in [3.63, 3.8) is 0 Å². The normalized spacial score (nSPS) is 32.4. The molecule has 1 saturated heterocycles. The molecule has 0 amide bonds. The Morgan fingerprint density at radius 1 is 1.48 bits per heavy atom. The Bertz CT molecular complexity index is 725. The van der Waals surface area contributed by atoms with E-state index in [4.69, 9.17) is 16.9 Å². The molecule has 3 heterocycles. The number of anilines is 1. The second-order valence-corrected chi connectivity index (χ2v) is 4.85. The van der Waals surface area contributed by atoms with E-state index in [1.807, 2.05) is 0 Å². The molecule has 5 N–H and O–H groups in total. The molecule has 110 valence electrons. The molecule has 8 heteroatoms.